The van der Waals surface area contributed by atoms with Gasteiger partial charge >= 0.3 is 0 Å². The SMILES string of the molecule is CC(C)N(CCC(N)=S)Cc1c(Cl)cccc1Cl. The molecule has 0 spiro atoms. The van der Waals surface area contributed by atoms with E-state index < -0.39 is 0 Å². The highest BCUT2D eigenvalue weighted by atomic mass is 35.5. The molecule has 5 heteroatoms. The second kappa shape index (κ2) is 7.29. The van der Waals surface area contributed by atoms with Gasteiger partial charge in [0, 0.05) is 41.2 Å². The van der Waals surface area contributed by atoms with Gasteiger partial charge in [-0.15, -0.1) is 0 Å². The third-order valence-corrected chi connectivity index (χ3v) is 3.71. The average Bonchev–Trinajstić information content (AvgIpc) is 2.26. The van der Waals surface area contributed by atoms with Gasteiger partial charge in [-0.25, -0.2) is 0 Å². The maximum absolute atomic E-state index is 6.18. The quantitative estimate of drug-likeness (QED) is 0.809. The highest BCUT2D eigenvalue weighted by molar-refractivity contribution is 7.80. The summed E-state index contributed by atoms with van der Waals surface area (Å²) in [7, 11) is 0. The van der Waals surface area contributed by atoms with Crippen molar-refractivity contribution in [1.29, 1.82) is 0 Å². The zero-order valence-corrected chi connectivity index (χ0v) is 12.9. The van der Waals surface area contributed by atoms with Gasteiger partial charge in [-0.05, 0) is 26.0 Å². The van der Waals surface area contributed by atoms with Gasteiger partial charge in [-0.1, -0.05) is 41.5 Å². The molecular weight excluding hydrogens is 287 g/mol. The Bertz CT molecular complexity index is 401. The molecule has 0 amide bonds. The molecule has 0 saturated carbocycles. The molecule has 100 valence electrons. The fourth-order valence-electron chi connectivity index (χ4n) is 1.66. The predicted octanol–water partition coefficient (Wildman–Crippen LogP) is 3.88. The number of hydrogen-bond donors (Lipinski definition) is 1. The van der Waals surface area contributed by atoms with Gasteiger partial charge in [0.25, 0.3) is 0 Å². The maximum atomic E-state index is 6.18. The number of rotatable bonds is 6. The van der Waals surface area contributed by atoms with Crippen molar-refractivity contribution in [2.45, 2.75) is 32.9 Å². The second-order valence-corrected chi connectivity index (χ2v) is 5.82. The van der Waals surface area contributed by atoms with E-state index >= 15 is 0 Å². The zero-order valence-electron chi connectivity index (χ0n) is 10.6. The number of thiocarbonyl (C=S) groups is 1. The lowest BCUT2D eigenvalue weighted by atomic mass is 10.1. The Hall–Kier alpha value is -0.350. The Balaban J connectivity index is 2.80. The van der Waals surface area contributed by atoms with E-state index in [4.69, 9.17) is 41.2 Å². The molecule has 0 bridgehead atoms. The minimum Gasteiger partial charge on any atom is -0.393 e. The second-order valence-electron chi connectivity index (χ2n) is 4.48. The summed E-state index contributed by atoms with van der Waals surface area (Å²) in [5.74, 6) is 0. The van der Waals surface area contributed by atoms with Crippen molar-refractivity contribution in [3.63, 3.8) is 0 Å². The van der Waals surface area contributed by atoms with Crippen LogP contribution in [0.1, 0.15) is 25.8 Å². The third kappa shape index (κ3) is 4.73. The summed E-state index contributed by atoms with van der Waals surface area (Å²) in [5.41, 5.74) is 6.50. The van der Waals surface area contributed by atoms with Crippen LogP contribution in [-0.2, 0) is 6.54 Å². The molecule has 18 heavy (non-hydrogen) atoms. The summed E-state index contributed by atoms with van der Waals surface area (Å²) in [6.45, 7) is 5.78. The van der Waals surface area contributed by atoms with Crippen LogP contribution in [0.15, 0.2) is 18.2 Å². The van der Waals surface area contributed by atoms with Crippen molar-refractivity contribution in [1.82, 2.24) is 4.90 Å². The zero-order chi connectivity index (χ0) is 13.7. The summed E-state index contributed by atoms with van der Waals surface area (Å²) in [6, 6.07) is 5.94. The predicted molar refractivity (Wildman–Crippen MR) is 83.4 cm³/mol. The van der Waals surface area contributed by atoms with Crippen LogP contribution in [0.5, 0.6) is 0 Å². The molecule has 0 atom stereocenters. The first kappa shape index (κ1) is 15.7. The number of benzene rings is 1. The van der Waals surface area contributed by atoms with E-state index in [1.165, 1.54) is 0 Å². The van der Waals surface area contributed by atoms with Crippen molar-refractivity contribution < 1.29 is 0 Å². The summed E-state index contributed by atoms with van der Waals surface area (Å²) in [6.07, 6.45) is 0.704. The van der Waals surface area contributed by atoms with Crippen LogP contribution in [0, 0.1) is 0 Å². The molecular formula is C13H18Cl2N2S. The fraction of sp³-hybridized carbons (Fsp3) is 0.462. The van der Waals surface area contributed by atoms with Gasteiger partial charge in [0.05, 0.1) is 4.99 Å². The Labute approximate surface area is 124 Å². The van der Waals surface area contributed by atoms with Crippen molar-refractivity contribution in [3.8, 4) is 0 Å². The summed E-state index contributed by atoms with van der Waals surface area (Å²) < 4.78 is 0. The first-order valence-electron chi connectivity index (χ1n) is 5.87. The van der Waals surface area contributed by atoms with Crippen LogP contribution in [-0.4, -0.2) is 22.5 Å². The third-order valence-electron chi connectivity index (χ3n) is 2.80. The minimum absolute atomic E-state index is 0.381. The van der Waals surface area contributed by atoms with Crippen LogP contribution in [0.2, 0.25) is 10.0 Å². The van der Waals surface area contributed by atoms with E-state index in [-0.39, 0.29) is 0 Å². The molecule has 0 aliphatic rings. The topological polar surface area (TPSA) is 29.3 Å². The van der Waals surface area contributed by atoms with E-state index in [1.807, 2.05) is 18.2 Å². The van der Waals surface area contributed by atoms with Crippen LogP contribution < -0.4 is 5.73 Å². The molecule has 1 aromatic carbocycles. The minimum atomic E-state index is 0.381. The lowest BCUT2D eigenvalue weighted by Crippen LogP contribution is -2.33. The molecule has 2 nitrogen and oxygen atoms in total. The van der Waals surface area contributed by atoms with Crippen molar-refractivity contribution >= 4 is 40.4 Å². The van der Waals surface area contributed by atoms with E-state index in [1.54, 1.807) is 0 Å². The van der Waals surface area contributed by atoms with Gasteiger partial charge in [0.2, 0.25) is 0 Å². The standard InChI is InChI=1S/C13H18Cl2N2S/c1-9(2)17(7-6-13(16)18)8-10-11(14)4-3-5-12(10)15/h3-5,9H,6-8H2,1-2H3,(H2,16,18). The van der Waals surface area contributed by atoms with E-state index in [9.17, 15) is 0 Å². The smallest absolute Gasteiger partial charge is 0.0740 e. The molecule has 1 rings (SSSR count). The molecule has 0 unspecified atom stereocenters. The van der Waals surface area contributed by atoms with Gasteiger partial charge < -0.3 is 5.73 Å². The van der Waals surface area contributed by atoms with Gasteiger partial charge in [0.1, 0.15) is 0 Å². The number of halogens is 2. The molecule has 0 aliphatic heterocycles. The van der Waals surface area contributed by atoms with E-state index in [0.717, 1.165) is 12.1 Å². The Morgan fingerprint density at radius 1 is 1.33 bits per heavy atom. The van der Waals surface area contributed by atoms with Crippen LogP contribution in [0.25, 0.3) is 0 Å². The van der Waals surface area contributed by atoms with Crippen molar-refractivity contribution in [3.05, 3.63) is 33.8 Å². The summed E-state index contributed by atoms with van der Waals surface area (Å²) in [5, 5.41) is 1.40. The Morgan fingerprint density at radius 2 is 1.89 bits per heavy atom. The highest BCUT2D eigenvalue weighted by Gasteiger charge is 2.14. The first-order valence-corrected chi connectivity index (χ1v) is 7.03. The molecule has 0 aromatic heterocycles. The summed E-state index contributed by atoms with van der Waals surface area (Å²) >= 11 is 17.3. The maximum Gasteiger partial charge on any atom is 0.0740 e. The molecule has 2 N–H and O–H groups in total. The Morgan fingerprint density at radius 3 is 2.33 bits per heavy atom. The lowest BCUT2D eigenvalue weighted by Gasteiger charge is -2.27. The van der Waals surface area contributed by atoms with Gasteiger partial charge in [-0.2, -0.15) is 0 Å². The fourth-order valence-corrected chi connectivity index (χ4v) is 2.27. The van der Waals surface area contributed by atoms with Gasteiger partial charge in [0.15, 0.2) is 0 Å². The van der Waals surface area contributed by atoms with E-state index in [2.05, 4.69) is 18.7 Å². The summed E-state index contributed by atoms with van der Waals surface area (Å²) in [4.78, 5) is 2.79. The molecule has 0 saturated heterocycles. The van der Waals surface area contributed by atoms with Gasteiger partial charge in [-0.3, -0.25) is 4.90 Å². The Kier molecular flexibility index (Phi) is 6.36. The largest absolute Gasteiger partial charge is 0.393 e. The average molecular weight is 305 g/mol. The lowest BCUT2D eigenvalue weighted by molar-refractivity contribution is 0.219. The number of nitrogens with zero attached hydrogens (tertiary/aromatic N) is 1. The van der Waals surface area contributed by atoms with E-state index in [0.29, 0.717) is 34.0 Å². The normalized spacial score (nSPS) is 11.2. The molecule has 0 heterocycles. The van der Waals surface area contributed by atoms with Crippen LogP contribution in [0.3, 0.4) is 0 Å². The van der Waals surface area contributed by atoms with Crippen molar-refractivity contribution in [2.24, 2.45) is 5.73 Å². The number of hydrogen-bond acceptors (Lipinski definition) is 2. The first-order chi connectivity index (χ1) is 8.41. The molecule has 0 radical (unpaired) electrons. The number of nitrogens with two attached hydrogens (primary N) is 1. The highest BCUT2D eigenvalue weighted by Crippen LogP contribution is 2.26. The molecule has 1 aromatic rings. The monoisotopic (exact) mass is 304 g/mol. The molecule has 0 aliphatic carbocycles. The van der Waals surface area contributed by atoms with Crippen LogP contribution >= 0.6 is 35.4 Å². The van der Waals surface area contributed by atoms with Crippen molar-refractivity contribution in [2.75, 3.05) is 6.54 Å². The van der Waals surface area contributed by atoms with Crippen LogP contribution in [0.4, 0.5) is 0 Å². The molecule has 0 fully saturated rings.